The highest BCUT2D eigenvalue weighted by Gasteiger charge is 2.29. The second-order valence-corrected chi connectivity index (χ2v) is 8.91. The van der Waals surface area contributed by atoms with E-state index in [1.807, 2.05) is 58.0 Å². The van der Waals surface area contributed by atoms with E-state index in [9.17, 15) is 9.00 Å². The lowest BCUT2D eigenvalue weighted by atomic mass is 10.1. The zero-order chi connectivity index (χ0) is 20.0. The number of carbonyl (C=O) groups is 1. The highest BCUT2D eigenvalue weighted by Crippen LogP contribution is 2.32. The lowest BCUT2D eigenvalue weighted by molar-refractivity contribution is 0.102. The van der Waals surface area contributed by atoms with Crippen LogP contribution < -0.4 is 5.32 Å². The zero-order valence-electron chi connectivity index (χ0n) is 16.5. The summed E-state index contributed by atoms with van der Waals surface area (Å²) < 4.78 is 13.8. The molecule has 28 heavy (non-hydrogen) atoms. The van der Waals surface area contributed by atoms with Crippen LogP contribution in [0.1, 0.15) is 43.9 Å². The van der Waals surface area contributed by atoms with E-state index in [1.165, 1.54) is 5.56 Å². The molecule has 1 atom stereocenters. The zero-order valence-corrected chi connectivity index (χ0v) is 17.3. The van der Waals surface area contributed by atoms with E-state index in [0.29, 0.717) is 22.9 Å². The summed E-state index contributed by atoms with van der Waals surface area (Å²) in [7, 11) is -0.965. The fourth-order valence-electron chi connectivity index (χ4n) is 3.54. The highest BCUT2D eigenvalue weighted by atomic mass is 32.2. The van der Waals surface area contributed by atoms with Crippen LogP contribution in [-0.4, -0.2) is 19.9 Å². The third-order valence-electron chi connectivity index (χ3n) is 5.25. The van der Waals surface area contributed by atoms with Gasteiger partial charge in [0.15, 0.2) is 0 Å². The molecular formula is C22H23N3O2S. The van der Waals surface area contributed by atoms with Gasteiger partial charge >= 0.3 is 0 Å². The maximum absolute atomic E-state index is 13.0. The number of carbonyl (C=O) groups excluding carboxylic acids is 1. The van der Waals surface area contributed by atoms with Crippen LogP contribution >= 0.6 is 0 Å². The number of nitrogens with zero attached hydrogens (tertiary/aromatic N) is 2. The Morgan fingerprint density at radius 2 is 1.79 bits per heavy atom. The van der Waals surface area contributed by atoms with E-state index in [0.717, 1.165) is 33.6 Å². The molecule has 5 nitrogen and oxygen atoms in total. The highest BCUT2D eigenvalue weighted by molar-refractivity contribution is 7.83. The summed E-state index contributed by atoms with van der Waals surface area (Å²) in [5, 5.41) is 7.73. The van der Waals surface area contributed by atoms with Crippen molar-refractivity contribution in [3.63, 3.8) is 0 Å². The molecule has 0 radical (unpaired) electrons. The Morgan fingerprint density at radius 3 is 2.50 bits per heavy atom. The quantitative estimate of drug-likeness (QED) is 0.728. The molecule has 6 heteroatoms. The Labute approximate surface area is 167 Å². The minimum absolute atomic E-state index is 0.186. The largest absolute Gasteiger partial charge is 0.306 e. The molecule has 4 rings (SSSR count). The molecule has 1 aliphatic heterocycles. The molecule has 3 aromatic rings. The van der Waals surface area contributed by atoms with Crippen LogP contribution in [0.15, 0.2) is 36.4 Å². The third kappa shape index (κ3) is 3.29. The molecule has 0 aliphatic carbocycles. The first-order chi connectivity index (χ1) is 13.3. The molecule has 1 aliphatic rings. The summed E-state index contributed by atoms with van der Waals surface area (Å²) in [6, 6.07) is 11.8. The van der Waals surface area contributed by atoms with Gasteiger partial charge in [-0.3, -0.25) is 9.00 Å². The van der Waals surface area contributed by atoms with Gasteiger partial charge in [0.1, 0.15) is 5.82 Å². The van der Waals surface area contributed by atoms with E-state index in [-0.39, 0.29) is 5.91 Å². The first-order valence-electron chi connectivity index (χ1n) is 9.25. The molecule has 144 valence electrons. The van der Waals surface area contributed by atoms with Gasteiger partial charge in [0.2, 0.25) is 0 Å². The first-order valence-corrected chi connectivity index (χ1v) is 10.7. The van der Waals surface area contributed by atoms with Gasteiger partial charge in [0.05, 0.1) is 22.9 Å². The van der Waals surface area contributed by atoms with E-state index < -0.39 is 10.8 Å². The van der Waals surface area contributed by atoms with Crippen LogP contribution in [-0.2, 0) is 22.3 Å². The van der Waals surface area contributed by atoms with Crippen molar-refractivity contribution in [3.8, 4) is 5.69 Å². The molecule has 0 bridgehead atoms. The summed E-state index contributed by atoms with van der Waals surface area (Å²) in [6.45, 7) is 8.09. The number of hydrogen-bond acceptors (Lipinski definition) is 3. The Balaban J connectivity index is 1.78. The van der Waals surface area contributed by atoms with Crippen LogP contribution in [0.4, 0.5) is 5.82 Å². The smallest absolute Gasteiger partial charge is 0.256 e. The SMILES string of the molecule is Cc1ccc(-n2nc3c(c2NC(=O)c2ccc(C)c(C)c2)CS(=O)C3)c(C)c1. The van der Waals surface area contributed by atoms with Crippen LogP contribution in [0.25, 0.3) is 5.69 Å². The second kappa shape index (κ2) is 7.02. The van der Waals surface area contributed by atoms with Crippen molar-refractivity contribution in [2.24, 2.45) is 0 Å². The van der Waals surface area contributed by atoms with Crippen LogP contribution in [0.3, 0.4) is 0 Å². The van der Waals surface area contributed by atoms with E-state index >= 15 is 0 Å². The molecule has 1 aromatic heterocycles. The Morgan fingerprint density at radius 1 is 1.00 bits per heavy atom. The Kier molecular flexibility index (Phi) is 4.67. The number of aryl methyl sites for hydroxylation is 4. The molecule has 0 spiro atoms. The number of amides is 1. The fourth-order valence-corrected chi connectivity index (χ4v) is 4.80. The fraction of sp³-hybridized carbons (Fsp3) is 0.273. The van der Waals surface area contributed by atoms with Gasteiger partial charge < -0.3 is 5.32 Å². The van der Waals surface area contributed by atoms with Gasteiger partial charge in [0.25, 0.3) is 5.91 Å². The average Bonchev–Trinajstić information content (AvgIpc) is 3.14. The van der Waals surface area contributed by atoms with Crippen molar-refractivity contribution in [2.45, 2.75) is 39.2 Å². The first kappa shape index (κ1) is 18.6. The summed E-state index contributed by atoms with van der Waals surface area (Å²) in [5.41, 5.74) is 7.65. The summed E-state index contributed by atoms with van der Waals surface area (Å²) in [5.74, 6) is 1.29. The molecule has 0 saturated heterocycles. The summed E-state index contributed by atoms with van der Waals surface area (Å²) in [4.78, 5) is 13.0. The van der Waals surface area contributed by atoms with Crippen molar-refractivity contribution >= 4 is 22.5 Å². The molecule has 2 heterocycles. The van der Waals surface area contributed by atoms with Crippen molar-refractivity contribution in [2.75, 3.05) is 5.32 Å². The van der Waals surface area contributed by atoms with Crippen molar-refractivity contribution < 1.29 is 9.00 Å². The molecule has 0 fully saturated rings. The van der Waals surface area contributed by atoms with Gasteiger partial charge in [0, 0.05) is 21.9 Å². The normalized spacial score (nSPS) is 15.5. The van der Waals surface area contributed by atoms with E-state index in [4.69, 9.17) is 0 Å². The summed E-state index contributed by atoms with van der Waals surface area (Å²) in [6.07, 6.45) is 0. The van der Waals surface area contributed by atoms with Gasteiger partial charge in [-0.15, -0.1) is 0 Å². The van der Waals surface area contributed by atoms with Gasteiger partial charge in [-0.05, 0) is 62.6 Å². The number of benzene rings is 2. The number of anilines is 1. The van der Waals surface area contributed by atoms with Crippen LogP contribution in [0, 0.1) is 27.7 Å². The maximum atomic E-state index is 13.0. The molecule has 1 N–H and O–H groups in total. The topological polar surface area (TPSA) is 64.0 Å². The predicted molar refractivity (Wildman–Crippen MR) is 112 cm³/mol. The number of hydrogen-bond donors (Lipinski definition) is 1. The van der Waals surface area contributed by atoms with Gasteiger partial charge in [-0.2, -0.15) is 5.10 Å². The molecular weight excluding hydrogens is 370 g/mol. The lowest BCUT2D eigenvalue weighted by Crippen LogP contribution is -2.17. The van der Waals surface area contributed by atoms with Crippen molar-refractivity contribution in [1.29, 1.82) is 0 Å². The minimum Gasteiger partial charge on any atom is -0.306 e. The van der Waals surface area contributed by atoms with Crippen molar-refractivity contribution in [1.82, 2.24) is 9.78 Å². The number of fused-ring (bicyclic) bond motifs is 1. The van der Waals surface area contributed by atoms with Crippen LogP contribution in [0.2, 0.25) is 0 Å². The Bertz CT molecular complexity index is 1130. The van der Waals surface area contributed by atoms with Crippen molar-refractivity contribution in [3.05, 3.63) is 75.5 Å². The van der Waals surface area contributed by atoms with E-state index in [1.54, 1.807) is 4.68 Å². The predicted octanol–water partition coefficient (Wildman–Crippen LogP) is 4.12. The minimum atomic E-state index is -0.965. The molecule has 0 saturated carbocycles. The number of nitrogens with one attached hydrogen (secondary N) is 1. The average molecular weight is 394 g/mol. The maximum Gasteiger partial charge on any atom is 0.256 e. The second-order valence-electron chi connectivity index (χ2n) is 7.46. The molecule has 1 amide bonds. The number of aromatic nitrogens is 2. The molecule has 1 unspecified atom stereocenters. The third-order valence-corrected chi connectivity index (χ3v) is 6.46. The van der Waals surface area contributed by atoms with Gasteiger partial charge in [-0.1, -0.05) is 23.8 Å². The number of rotatable bonds is 3. The lowest BCUT2D eigenvalue weighted by Gasteiger charge is -2.14. The van der Waals surface area contributed by atoms with Crippen LogP contribution in [0.5, 0.6) is 0 Å². The Hall–Kier alpha value is -2.73. The standard InChI is InChI=1S/C22H23N3O2S/c1-13-5-8-20(16(4)9-13)25-21(18-11-28(27)12-19(18)24-25)23-22(26)17-7-6-14(2)15(3)10-17/h5-10H,11-12H2,1-4H3,(H,23,26). The summed E-state index contributed by atoms with van der Waals surface area (Å²) >= 11 is 0. The van der Waals surface area contributed by atoms with E-state index in [2.05, 4.69) is 16.5 Å². The molecule has 2 aromatic carbocycles. The van der Waals surface area contributed by atoms with Gasteiger partial charge in [-0.25, -0.2) is 4.68 Å². The monoisotopic (exact) mass is 393 g/mol.